The summed E-state index contributed by atoms with van der Waals surface area (Å²) in [6, 6.07) is 15.6. The van der Waals surface area contributed by atoms with Crippen LogP contribution in [0.1, 0.15) is 34.6 Å². The van der Waals surface area contributed by atoms with E-state index in [-0.39, 0.29) is 23.1 Å². The minimum atomic E-state index is -5.03. The number of hydrogen-bond acceptors (Lipinski definition) is 4. The van der Waals surface area contributed by atoms with Gasteiger partial charge in [0.1, 0.15) is 6.17 Å². The van der Waals surface area contributed by atoms with Crippen LogP contribution in [-0.4, -0.2) is 42.5 Å². The van der Waals surface area contributed by atoms with E-state index in [4.69, 9.17) is 5.73 Å². The first-order chi connectivity index (χ1) is 14.1. The van der Waals surface area contributed by atoms with Crippen molar-refractivity contribution in [3.8, 4) is 0 Å². The van der Waals surface area contributed by atoms with Gasteiger partial charge in [-0.2, -0.15) is 13.2 Å². The number of amides is 2. The predicted octanol–water partition coefficient (Wildman–Crippen LogP) is 2.57. The topological polar surface area (TPSA) is 87.5 Å². The van der Waals surface area contributed by atoms with Crippen LogP contribution in [0.5, 0.6) is 0 Å². The number of benzene rings is 2. The molecule has 6 nitrogen and oxygen atoms in total. The second kappa shape index (κ2) is 10.2. The third-order valence-corrected chi connectivity index (χ3v) is 4.31. The molecule has 0 spiro atoms. The molecule has 0 saturated carbocycles. The first-order valence-electron chi connectivity index (χ1n) is 9.33. The molecule has 162 valence electrons. The molecule has 2 aromatic carbocycles. The number of nitrogens with one attached hydrogen (secondary N) is 2. The molecule has 30 heavy (non-hydrogen) atoms. The van der Waals surface area contributed by atoms with Gasteiger partial charge in [0, 0.05) is 24.7 Å². The molecular formula is C21H25F3N4O2. The van der Waals surface area contributed by atoms with Gasteiger partial charge in [-0.15, -0.1) is 0 Å². The molecular weight excluding hydrogens is 397 g/mol. The van der Waals surface area contributed by atoms with Crippen LogP contribution in [0, 0.1) is 0 Å². The Balaban J connectivity index is 1.93. The van der Waals surface area contributed by atoms with Crippen molar-refractivity contribution in [3.05, 3.63) is 71.3 Å². The maximum atomic E-state index is 12.5. The van der Waals surface area contributed by atoms with Gasteiger partial charge in [-0.3, -0.25) is 9.59 Å². The van der Waals surface area contributed by atoms with Crippen LogP contribution >= 0.6 is 0 Å². The van der Waals surface area contributed by atoms with Crippen molar-refractivity contribution in [3.63, 3.8) is 0 Å². The van der Waals surface area contributed by atoms with Crippen molar-refractivity contribution in [2.75, 3.05) is 13.6 Å². The molecule has 0 aromatic heterocycles. The van der Waals surface area contributed by atoms with Gasteiger partial charge < -0.3 is 21.3 Å². The Hall–Kier alpha value is -2.91. The van der Waals surface area contributed by atoms with E-state index in [9.17, 15) is 22.8 Å². The first kappa shape index (κ1) is 23.4. The Morgan fingerprint density at radius 2 is 1.73 bits per heavy atom. The monoisotopic (exact) mass is 422 g/mol. The Bertz CT molecular complexity index is 859. The number of hydrogen-bond donors (Lipinski definition) is 3. The summed E-state index contributed by atoms with van der Waals surface area (Å²) in [5, 5.41) is 4.52. The van der Waals surface area contributed by atoms with Crippen LogP contribution in [0.3, 0.4) is 0 Å². The summed E-state index contributed by atoms with van der Waals surface area (Å²) in [4.78, 5) is 25.6. The summed E-state index contributed by atoms with van der Waals surface area (Å²) in [6.07, 6.45) is -6.42. The molecule has 0 saturated heterocycles. The lowest BCUT2D eigenvalue weighted by atomic mass is 10.1. The zero-order valence-corrected chi connectivity index (χ0v) is 16.7. The molecule has 0 bridgehead atoms. The molecule has 9 heteroatoms. The van der Waals surface area contributed by atoms with Gasteiger partial charge in [0.25, 0.3) is 5.91 Å². The maximum absolute atomic E-state index is 12.5. The van der Waals surface area contributed by atoms with Crippen molar-refractivity contribution in [2.24, 2.45) is 5.73 Å². The fraction of sp³-hybridized carbons (Fsp3) is 0.333. The van der Waals surface area contributed by atoms with Crippen LogP contribution in [0.25, 0.3) is 0 Å². The Morgan fingerprint density at radius 1 is 1.07 bits per heavy atom. The van der Waals surface area contributed by atoms with Crippen LogP contribution in [0.4, 0.5) is 13.2 Å². The largest absolute Gasteiger partial charge is 0.471 e. The van der Waals surface area contributed by atoms with Crippen LogP contribution in [0.15, 0.2) is 54.6 Å². The minimum Gasteiger partial charge on any atom is -0.348 e. The van der Waals surface area contributed by atoms with Crippen molar-refractivity contribution in [1.82, 2.24) is 15.5 Å². The molecule has 1 unspecified atom stereocenters. The Kier molecular flexibility index (Phi) is 7.96. The van der Waals surface area contributed by atoms with E-state index >= 15 is 0 Å². The number of alkyl halides is 3. The van der Waals surface area contributed by atoms with Gasteiger partial charge in [0.05, 0.1) is 0 Å². The minimum absolute atomic E-state index is 0.173. The molecule has 0 aliphatic carbocycles. The van der Waals surface area contributed by atoms with E-state index < -0.39 is 18.2 Å². The number of likely N-dealkylation sites (N-methyl/N-ethyl adjacent to an activating group) is 1. The van der Waals surface area contributed by atoms with E-state index in [0.717, 1.165) is 12.1 Å². The van der Waals surface area contributed by atoms with Crippen molar-refractivity contribution in [2.45, 2.75) is 31.9 Å². The lowest BCUT2D eigenvalue weighted by Gasteiger charge is -2.22. The van der Waals surface area contributed by atoms with E-state index in [0.29, 0.717) is 6.54 Å². The van der Waals surface area contributed by atoms with Gasteiger partial charge >= 0.3 is 12.1 Å². The normalized spacial score (nSPS) is 13.6. The predicted molar refractivity (Wildman–Crippen MR) is 107 cm³/mol. The molecule has 2 rings (SSSR count). The number of nitrogens with two attached hydrogens (primary N) is 1. The number of rotatable bonds is 8. The van der Waals surface area contributed by atoms with E-state index in [1.54, 1.807) is 5.32 Å². The van der Waals surface area contributed by atoms with E-state index in [1.165, 1.54) is 24.3 Å². The average molecular weight is 422 g/mol. The summed E-state index contributed by atoms with van der Waals surface area (Å²) < 4.78 is 37.1. The summed E-state index contributed by atoms with van der Waals surface area (Å²) >= 11 is 0. The van der Waals surface area contributed by atoms with Gasteiger partial charge in [-0.05, 0) is 37.2 Å². The number of halogens is 3. The smallest absolute Gasteiger partial charge is 0.348 e. The van der Waals surface area contributed by atoms with E-state index in [1.807, 2.05) is 44.3 Å². The Morgan fingerprint density at radius 3 is 2.37 bits per heavy atom. The van der Waals surface area contributed by atoms with Crippen molar-refractivity contribution < 1.29 is 22.8 Å². The Labute approximate surface area is 173 Å². The molecule has 0 aliphatic rings. The lowest BCUT2D eigenvalue weighted by molar-refractivity contribution is -0.174. The molecule has 0 aliphatic heterocycles. The highest BCUT2D eigenvalue weighted by molar-refractivity contribution is 5.94. The van der Waals surface area contributed by atoms with Crippen molar-refractivity contribution >= 4 is 11.8 Å². The SMILES string of the molecule is C[C@H](CN(C)Cc1ccccc1)NC(=O)c1cccc(C(N)NC(=O)C(F)(F)F)c1. The van der Waals surface area contributed by atoms with Gasteiger partial charge in [0.15, 0.2) is 0 Å². The summed E-state index contributed by atoms with van der Waals surface area (Å²) in [6.45, 7) is 3.18. The zero-order chi connectivity index (χ0) is 22.3. The maximum Gasteiger partial charge on any atom is 0.471 e. The second-order valence-corrected chi connectivity index (χ2v) is 7.13. The van der Waals surface area contributed by atoms with Crippen molar-refractivity contribution in [1.29, 1.82) is 0 Å². The molecule has 0 heterocycles. The van der Waals surface area contributed by atoms with Gasteiger partial charge in [-0.25, -0.2) is 0 Å². The number of nitrogens with zero attached hydrogens (tertiary/aromatic N) is 1. The lowest BCUT2D eigenvalue weighted by Crippen LogP contribution is -2.42. The number of carbonyl (C=O) groups is 2. The second-order valence-electron chi connectivity index (χ2n) is 7.13. The van der Waals surface area contributed by atoms with Crippen LogP contribution in [-0.2, 0) is 11.3 Å². The standard InChI is InChI=1S/C21H25F3N4O2/c1-14(12-28(2)13-15-7-4-3-5-8-15)26-19(29)17-10-6-9-16(11-17)18(25)27-20(30)21(22,23)24/h3-11,14,18H,12-13,25H2,1-2H3,(H,26,29)(H,27,30)/t14-,18?/m1/s1. The highest BCUT2D eigenvalue weighted by Gasteiger charge is 2.39. The van der Waals surface area contributed by atoms with Gasteiger partial charge in [0.2, 0.25) is 0 Å². The molecule has 2 amide bonds. The number of carbonyl (C=O) groups excluding carboxylic acids is 2. The summed E-state index contributed by atoms with van der Waals surface area (Å²) in [7, 11) is 1.94. The molecule has 2 aromatic rings. The fourth-order valence-corrected chi connectivity index (χ4v) is 2.96. The third-order valence-electron chi connectivity index (χ3n) is 4.31. The first-order valence-corrected chi connectivity index (χ1v) is 9.33. The quantitative estimate of drug-likeness (QED) is 0.571. The average Bonchev–Trinajstić information content (AvgIpc) is 2.67. The molecule has 4 N–H and O–H groups in total. The summed E-state index contributed by atoms with van der Waals surface area (Å²) in [5.41, 5.74) is 7.21. The van der Waals surface area contributed by atoms with Gasteiger partial charge in [-0.1, -0.05) is 42.5 Å². The summed E-state index contributed by atoms with van der Waals surface area (Å²) in [5.74, 6) is -2.52. The zero-order valence-electron chi connectivity index (χ0n) is 16.7. The van der Waals surface area contributed by atoms with Crippen LogP contribution in [0.2, 0.25) is 0 Å². The highest BCUT2D eigenvalue weighted by Crippen LogP contribution is 2.17. The fourth-order valence-electron chi connectivity index (χ4n) is 2.96. The third kappa shape index (κ3) is 7.16. The molecule has 2 atom stereocenters. The van der Waals surface area contributed by atoms with E-state index in [2.05, 4.69) is 10.2 Å². The molecule has 0 radical (unpaired) electrons. The van der Waals surface area contributed by atoms with Crippen LogP contribution < -0.4 is 16.4 Å². The highest BCUT2D eigenvalue weighted by atomic mass is 19.4. The molecule has 0 fully saturated rings.